The number of nitrogens with one attached hydrogen (secondary N) is 1. The summed E-state index contributed by atoms with van der Waals surface area (Å²) in [6.07, 6.45) is 0. The van der Waals surface area contributed by atoms with E-state index in [1.165, 1.54) is 4.57 Å². The molecule has 11 nitrogen and oxygen atoms in total. The molecule has 4 aromatic rings. The van der Waals surface area contributed by atoms with E-state index >= 15 is 0 Å². The highest BCUT2D eigenvalue weighted by molar-refractivity contribution is 5.98. The largest absolute Gasteiger partial charge is 0.417 e. The lowest BCUT2D eigenvalue weighted by Gasteiger charge is -2.22. The van der Waals surface area contributed by atoms with Gasteiger partial charge in [0.05, 0.1) is 17.2 Å². The quantitative estimate of drug-likeness (QED) is 0.272. The van der Waals surface area contributed by atoms with Crippen molar-refractivity contribution in [3.63, 3.8) is 0 Å². The number of ketones is 1. The molecule has 0 bridgehead atoms. The number of anilines is 2. The Labute approximate surface area is 244 Å². The first-order valence-corrected chi connectivity index (χ1v) is 13.7. The van der Waals surface area contributed by atoms with Crippen LogP contribution in [0.1, 0.15) is 55.5 Å². The molecule has 0 fully saturated rings. The Hall–Kier alpha value is -4.80. The minimum atomic E-state index is -0.972. The number of aryl methyl sites for hydroxylation is 1. The fraction of sp³-hybridized carbons (Fsp3) is 0.355. The fourth-order valence-electron chi connectivity index (χ4n) is 4.54. The molecule has 1 atom stereocenters. The average molecular weight is 572 g/mol. The fourth-order valence-corrected chi connectivity index (χ4v) is 4.54. The maximum atomic E-state index is 13.5. The van der Waals surface area contributed by atoms with Crippen molar-refractivity contribution in [3.8, 4) is 11.4 Å². The van der Waals surface area contributed by atoms with Crippen LogP contribution in [0.15, 0.2) is 63.8 Å². The van der Waals surface area contributed by atoms with Crippen LogP contribution in [0, 0.1) is 12.8 Å². The van der Waals surface area contributed by atoms with E-state index in [1.54, 1.807) is 32.9 Å². The Kier molecular flexibility index (Phi) is 8.60. The molecule has 2 aromatic heterocycles. The molecule has 42 heavy (non-hydrogen) atoms. The summed E-state index contributed by atoms with van der Waals surface area (Å²) in [5, 5.41) is 11.0. The number of amides is 1. The van der Waals surface area contributed by atoms with Crippen molar-refractivity contribution in [2.75, 3.05) is 24.7 Å². The van der Waals surface area contributed by atoms with Crippen LogP contribution < -0.4 is 21.5 Å². The van der Waals surface area contributed by atoms with Gasteiger partial charge in [0.2, 0.25) is 17.6 Å². The SMILES string of the molecule is Cc1nc(-c2ccccc2)n(CC(=O)N[C@@H](C(=O)c2nnc(C(C)(C)c3ccc(N(C)C)cc3)o2)C(C)C)c(=O)c1N. The summed E-state index contributed by atoms with van der Waals surface area (Å²) in [4.78, 5) is 46.3. The van der Waals surface area contributed by atoms with Crippen molar-refractivity contribution < 1.29 is 14.0 Å². The zero-order valence-corrected chi connectivity index (χ0v) is 25.0. The highest BCUT2D eigenvalue weighted by Gasteiger charge is 2.34. The van der Waals surface area contributed by atoms with Crippen molar-refractivity contribution in [1.29, 1.82) is 0 Å². The van der Waals surface area contributed by atoms with Crippen LogP contribution in [0.2, 0.25) is 0 Å². The van der Waals surface area contributed by atoms with Crippen molar-refractivity contribution in [1.82, 2.24) is 25.1 Å². The molecule has 0 aliphatic heterocycles. The van der Waals surface area contributed by atoms with E-state index in [0.29, 0.717) is 17.1 Å². The monoisotopic (exact) mass is 571 g/mol. The summed E-state index contributed by atoms with van der Waals surface area (Å²) in [6, 6.07) is 16.0. The van der Waals surface area contributed by atoms with Crippen molar-refractivity contribution >= 4 is 23.1 Å². The molecule has 0 saturated heterocycles. The van der Waals surface area contributed by atoms with Gasteiger partial charge in [0.15, 0.2) is 0 Å². The summed E-state index contributed by atoms with van der Waals surface area (Å²) in [7, 11) is 3.93. The number of nitrogens with two attached hydrogens (primary N) is 1. The maximum absolute atomic E-state index is 13.5. The van der Waals surface area contributed by atoms with Gasteiger partial charge in [0, 0.05) is 25.3 Å². The molecule has 0 radical (unpaired) electrons. The molecule has 1 amide bonds. The smallest absolute Gasteiger partial charge is 0.286 e. The number of rotatable bonds is 10. The molecular weight excluding hydrogens is 534 g/mol. The molecule has 0 aliphatic rings. The molecule has 3 N–H and O–H groups in total. The lowest BCUT2D eigenvalue weighted by molar-refractivity contribution is -0.122. The predicted molar refractivity (Wildman–Crippen MR) is 161 cm³/mol. The second kappa shape index (κ2) is 12.0. The number of Topliss-reactive ketones (excluding diaryl/α,β-unsaturated/α-hetero) is 1. The van der Waals surface area contributed by atoms with Gasteiger partial charge in [0.25, 0.3) is 11.4 Å². The highest BCUT2D eigenvalue weighted by atomic mass is 16.4. The number of benzene rings is 2. The van der Waals surface area contributed by atoms with Gasteiger partial charge in [-0.15, -0.1) is 10.2 Å². The topological polar surface area (TPSA) is 149 Å². The van der Waals surface area contributed by atoms with Crippen LogP contribution in [0.3, 0.4) is 0 Å². The third-order valence-corrected chi connectivity index (χ3v) is 7.27. The summed E-state index contributed by atoms with van der Waals surface area (Å²) >= 11 is 0. The van der Waals surface area contributed by atoms with Crippen LogP contribution in [0.4, 0.5) is 11.4 Å². The highest BCUT2D eigenvalue weighted by Crippen LogP contribution is 2.32. The molecule has 220 valence electrons. The molecule has 0 unspecified atom stereocenters. The molecule has 0 saturated carbocycles. The van der Waals surface area contributed by atoms with Crippen molar-refractivity contribution in [3.05, 3.63) is 88.0 Å². The van der Waals surface area contributed by atoms with Crippen molar-refractivity contribution in [2.45, 2.75) is 52.6 Å². The molecule has 11 heteroatoms. The van der Waals surface area contributed by atoms with Gasteiger partial charge in [-0.2, -0.15) is 0 Å². The van der Waals surface area contributed by atoms with Crippen molar-refractivity contribution in [2.24, 2.45) is 5.92 Å². The number of nitrogens with zero attached hydrogens (tertiary/aromatic N) is 5. The molecular formula is C31H37N7O4. The zero-order chi connectivity index (χ0) is 30.8. The number of aromatic nitrogens is 4. The first-order chi connectivity index (χ1) is 19.8. The maximum Gasteiger partial charge on any atom is 0.286 e. The summed E-state index contributed by atoms with van der Waals surface area (Å²) in [5.41, 5.74) is 7.73. The lowest BCUT2D eigenvalue weighted by atomic mass is 9.84. The van der Waals surface area contributed by atoms with E-state index in [1.807, 2.05) is 75.3 Å². The predicted octanol–water partition coefficient (Wildman–Crippen LogP) is 3.60. The Bertz CT molecular complexity index is 1640. The lowest BCUT2D eigenvalue weighted by Crippen LogP contribution is -2.46. The first-order valence-electron chi connectivity index (χ1n) is 13.7. The second-order valence-corrected chi connectivity index (χ2v) is 11.3. The normalized spacial score (nSPS) is 12.3. The van der Waals surface area contributed by atoms with Gasteiger partial charge in [0.1, 0.15) is 18.1 Å². The Morgan fingerprint density at radius 3 is 2.29 bits per heavy atom. The van der Waals surface area contributed by atoms with Gasteiger partial charge in [-0.3, -0.25) is 19.0 Å². The number of hydrogen-bond donors (Lipinski definition) is 2. The summed E-state index contributed by atoms with van der Waals surface area (Å²) in [6.45, 7) is 8.71. The average Bonchev–Trinajstić information content (AvgIpc) is 3.47. The van der Waals surface area contributed by atoms with Crippen LogP contribution in [-0.2, 0) is 16.8 Å². The number of carbonyl (C=O) groups excluding carboxylic acids is 2. The van der Waals surface area contributed by atoms with E-state index in [2.05, 4.69) is 20.5 Å². The first kappa shape index (κ1) is 30.2. The van der Waals surface area contributed by atoms with Gasteiger partial charge >= 0.3 is 0 Å². The Morgan fingerprint density at radius 2 is 1.69 bits per heavy atom. The molecule has 0 spiro atoms. The standard InChI is InChI=1S/C31H37N7O4/c1-18(2)25(26(40)28-35-36-30(42-28)31(4,5)21-13-15-22(16-14-21)37(6)7)34-23(39)17-38-27(20-11-9-8-10-12-20)33-19(3)24(32)29(38)41/h8-16,18,25H,17,32H2,1-7H3,(H,34,39)/t25-/m1/s1. The number of carbonyl (C=O) groups is 2. The number of nitrogen functional groups attached to an aromatic ring is 1. The second-order valence-electron chi connectivity index (χ2n) is 11.3. The van der Waals surface area contributed by atoms with Gasteiger partial charge in [-0.05, 0) is 44.4 Å². The van der Waals surface area contributed by atoms with E-state index in [9.17, 15) is 14.4 Å². The third-order valence-electron chi connectivity index (χ3n) is 7.27. The minimum Gasteiger partial charge on any atom is -0.417 e. The summed E-state index contributed by atoms with van der Waals surface area (Å²) in [5.74, 6) is -1.02. The molecule has 4 rings (SSSR count). The van der Waals surface area contributed by atoms with Gasteiger partial charge < -0.3 is 20.4 Å². The van der Waals surface area contributed by atoms with E-state index in [4.69, 9.17) is 10.2 Å². The Balaban J connectivity index is 1.56. The van der Waals surface area contributed by atoms with E-state index < -0.39 is 28.7 Å². The Morgan fingerprint density at radius 1 is 1.05 bits per heavy atom. The summed E-state index contributed by atoms with van der Waals surface area (Å²) < 4.78 is 7.10. The van der Waals surface area contributed by atoms with E-state index in [-0.39, 0.29) is 29.9 Å². The van der Waals surface area contributed by atoms with Crippen LogP contribution in [0.25, 0.3) is 11.4 Å². The van der Waals surface area contributed by atoms with Crippen LogP contribution in [-0.4, -0.2) is 51.6 Å². The molecule has 0 aliphatic carbocycles. The van der Waals surface area contributed by atoms with Gasteiger partial charge in [-0.25, -0.2) is 4.98 Å². The third kappa shape index (κ3) is 6.09. The zero-order valence-electron chi connectivity index (χ0n) is 25.0. The van der Waals surface area contributed by atoms with Gasteiger partial charge in [-0.1, -0.05) is 56.3 Å². The number of hydrogen-bond acceptors (Lipinski definition) is 9. The molecule has 2 aromatic carbocycles. The van der Waals surface area contributed by atoms with E-state index in [0.717, 1.165) is 11.3 Å². The molecule has 2 heterocycles. The van der Waals surface area contributed by atoms with Crippen LogP contribution >= 0.6 is 0 Å². The van der Waals surface area contributed by atoms with Crippen LogP contribution in [0.5, 0.6) is 0 Å². The minimum absolute atomic E-state index is 0.0451.